The van der Waals surface area contributed by atoms with Crippen LogP contribution >= 0.6 is 0 Å². The maximum absolute atomic E-state index is 12.3. The molecule has 0 aromatic carbocycles. The van der Waals surface area contributed by atoms with Gasteiger partial charge in [0.15, 0.2) is 0 Å². The fourth-order valence-electron chi connectivity index (χ4n) is 3.01. The van der Waals surface area contributed by atoms with Gasteiger partial charge in [-0.3, -0.25) is 9.69 Å². The van der Waals surface area contributed by atoms with E-state index in [1.54, 1.807) is 6.07 Å². The molecule has 124 valence electrons. The van der Waals surface area contributed by atoms with Crippen LogP contribution in [0.3, 0.4) is 0 Å². The lowest BCUT2D eigenvalue weighted by Gasteiger charge is -2.35. The minimum Gasteiger partial charge on any atom is -0.350 e. The summed E-state index contributed by atoms with van der Waals surface area (Å²) in [5, 5.41) is 7.66. The summed E-state index contributed by atoms with van der Waals surface area (Å²) in [5.41, 5.74) is 1.76. The number of hydrogen-bond acceptors (Lipinski definition) is 5. The molecule has 3 rings (SSSR count). The molecule has 0 unspecified atom stereocenters. The Balaban J connectivity index is 1.58. The van der Waals surface area contributed by atoms with E-state index in [0.717, 1.165) is 30.1 Å². The maximum Gasteiger partial charge on any atom is 0.257 e. The Labute approximate surface area is 136 Å². The normalized spacial score (nSPS) is 18.2. The molecule has 1 aliphatic heterocycles. The van der Waals surface area contributed by atoms with Crippen LogP contribution in [0.5, 0.6) is 0 Å². The van der Waals surface area contributed by atoms with Crippen molar-refractivity contribution in [1.82, 2.24) is 20.4 Å². The van der Waals surface area contributed by atoms with E-state index in [9.17, 15) is 4.79 Å². The van der Waals surface area contributed by atoms with Gasteiger partial charge in [0.05, 0.1) is 16.6 Å². The second-order valence-electron chi connectivity index (χ2n) is 6.62. The van der Waals surface area contributed by atoms with Crippen molar-refractivity contribution in [3.63, 3.8) is 0 Å². The lowest BCUT2D eigenvalue weighted by Crippen LogP contribution is -2.45. The molecule has 0 saturated carbocycles. The standard InChI is InChI=1S/C17H24N4O2/c1-11-4-6-21(7-5-11)12(2)9-18-16(22)14-8-15-13(3)20-23-17(15)19-10-14/h8,10-12H,4-7,9H2,1-3H3,(H,18,22)/t12-/m1/s1. The lowest BCUT2D eigenvalue weighted by molar-refractivity contribution is 0.0921. The first-order valence-electron chi connectivity index (χ1n) is 8.29. The Bertz CT molecular complexity index is 689. The van der Waals surface area contributed by atoms with E-state index < -0.39 is 0 Å². The number of nitrogens with one attached hydrogen (secondary N) is 1. The van der Waals surface area contributed by atoms with Crippen LogP contribution in [-0.2, 0) is 0 Å². The maximum atomic E-state index is 12.3. The van der Waals surface area contributed by atoms with Gasteiger partial charge in [0.2, 0.25) is 0 Å². The molecule has 1 atom stereocenters. The van der Waals surface area contributed by atoms with Crippen molar-refractivity contribution >= 4 is 17.0 Å². The molecule has 23 heavy (non-hydrogen) atoms. The van der Waals surface area contributed by atoms with Gasteiger partial charge in [0.1, 0.15) is 0 Å². The molecular weight excluding hydrogens is 292 g/mol. The number of amides is 1. The van der Waals surface area contributed by atoms with Gasteiger partial charge < -0.3 is 9.84 Å². The Morgan fingerprint density at radius 1 is 1.48 bits per heavy atom. The molecular formula is C17H24N4O2. The number of likely N-dealkylation sites (tertiary alicyclic amines) is 1. The molecule has 6 heteroatoms. The predicted octanol–water partition coefficient (Wildman–Crippen LogP) is 2.38. The Kier molecular flexibility index (Phi) is 4.61. The van der Waals surface area contributed by atoms with Crippen LogP contribution in [0.15, 0.2) is 16.8 Å². The average Bonchev–Trinajstić information content (AvgIpc) is 2.93. The summed E-state index contributed by atoms with van der Waals surface area (Å²) in [6.45, 7) is 9.20. The minimum absolute atomic E-state index is 0.0998. The molecule has 2 aromatic heterocycles. The van der Waals surface area contributed by atoms with Crippen LogP contribution in [0.4, 0.5) is 0 Å². The topological polar surface area (TPSA) is 71.3 Å². The van der Waals surface area contributed by atoms with Crippen LogP contribution in [0, 0.1) is 12.8 Å². The summed E-state index contributed by atoms with van der Waals surface area (Å²) in [7, 11) is 0. The number of fused-ring (bicyclic) bond motifs is 1. The summed E-state index contributed by atoms with van der Waals surface area (Å²) in [5.74, 6) is 0.717. The highest BCUT2D eigenvalue weighted by atomic mass is 16.5. The zero-order chi connectivity index (χ0) is 16.4. The third kappa shape index (κ3) is 3.52. The van der Waals surface area contributed by atoms with E-state index in [2.05, 4.69) is 34.2 Å². The van der Waals surface area contributed by atoms with E-state index in [1.165, 1.54) is 19.0 Å². The fourth-order valence-corrected chi connectivity index (χ4v) is 3.01. The van der Waals surface area contributed by atoms with Crippen molar-refractivity contribution < 1.29 is 9.32 Å². The molecule has 0 bridgehead atoms. The van der Waals surface area contributed by atoms with Crippen molar-refractivity contribution in [3.8, 4) is 0 Å². The molecule has 1 saturated heterocycles. The first-order valence-corrected chi connectivity index (χ1v) is 8.29. The van der Waals surface area contributed by atoms with Gasteiger partial charge in [-0.2, -0.15) is 0 Å². The summed E-state index contributed by atoms with van der Waals surface area (Å²) in [6.07, 6.45) is 4.02. The van der Waals surface area contributed by atoms with Gasteiger partial charge in [-0.25, -0.2) is 4.98 Å². The van der Waals surface area contributed by atoms with Gasteiger partial charge in [-0.05, 0) is 51.8 Å². The molecule has 0 aliphatic carbocycles. The third-order valence-electron chi connectivity index (χ3n) is 4.77. The van der Waals surface area contributed by atoms with Crippen LogP contribution in [0.1, 0.15) is 42.7 Å². The second kappa shape index (κ2) is 6.66. The average molecular weight is 316 g/mol. The van der Waals surface area contributed by atoms with Crippen LogP contribution in [-0.4, -0.2) is 46.6 Å². The number of rotatable bonds is 4. The molecule has 0 radical (unpaired) electrons. The highest BCUT2D eigenvalue weighted by molar-refractivity contribution is 5.96. The summed E-state index contributed by atoms with van der Waals surface area (Å²) < 4.78 is 5.07. The van der Waals surface area contributed by atoms with E-state index in [4.69, 9.17) is 4.52 Å². The molecule has 1 amide bonds. The van der Waals surface area contributed by atoms with Crippen LogP contribution < -0.4 is 5.32 Å². The van der Waals surface area contributed by atoms with Crippen molar-refractivity contribution in [2.45, 2.75) is 39.7 Å². The number of aryl methyl sites for hydroxylation is 1. The number of aromatic nitrogens is 2. The Morgan fingerprint density at radius 2 is 2.22 bits per heavy atom. The lowest BCUT2D eigenvalue weighted by atomic mass is 9.98. The van der Waals surface area contributed by atoms with E-state index in [-0.39, 0.29) is 5.91 Å². The van der Waals surface area contributed by atoms with Crippen molar-refractivity contribution in [3.05, 3.63) is 23.5 Å². The summed E-state index contributed by atoms with van der Waals surface area (Å²) >= 11 is 0. The van der Waals surface area contributed by atoms with Gasteiger partial charge in [0, 0.05) is 18.8 Å². The van der Waals surface area contributed by atoms with Gasteiger partial charge in [-0.1, -0.05) is 12.1 Å². The fraction of sp³-hybridized carbons (Fsp3) is 0.588. The largest absolute Gasteiger partial charge is 0.350 e. The van der Waals surface area contributed by atoms with Crippen LogP contribution in [0.25, 0.3) is 11.1 Å². The number of carbonyl (C=O) groups is 1. The smallest absolute Gasteiger partial charge is 0.257 e. The zero-order valence-electron chi connectivity index (χ0n) is 14.0. The van der Waals surface area contributed by atoms with E-state index in [0.29, 0.717) is 23.9 Å². The summed E-state index contributed by atoms with van der Waals surface area (Å²) in [4.78, 5) is 18.9. The molecule has 0 spiro atoms. The zero-order valence-corrected chi connectivity index (χ0v) is 14.0. The number of piperidine rings is 1. The van der Waals surface area contributed by atoms with Gasteiger partial charge in [0.25, 0.3) is 11.6 Å². The quantitative estimate of drug-likeness (QED) is 0.937. The van der Waals surface area contributed by atoms with Crippen molar-refractivity contribution in [2.24, 2.45) is 5.92 Å². The molecule has 1 fully saturated rings. The number of nitrogens with zero attached hydrogens (tertiary/aromatic N) is 3. The van der Waals surface area contributed by atoms with Gasteiger partial charge in [-0.15, -0.1) is 0 Å². The highest BCUT2D eigenvalue weighted by Crippen LogP contribution is 2.18. The number of carbonyl (C=O) groups excluding carboxylic acids is 1. The summed E-state index contributed by atoms with van der Waals surface area (Å²) in [6, 6.07) is 2.14. The number of pyridine rings is 1. The van der Waals surface area contributed by atoms with E-state index in [1.807, 2.05) is 6.92 Å². The number of hydrogen-bond donors (Lipinski definition) is 1. The SMILES string of the molecule is Cc1noc2ncc(C(=O)NC[C@@H](C)N3CCC(C)CC3)cc12. The van der Waals surface area contributed by atoms with E-state index >= 15 is 0 Å². The highest BCUT2D eigenvalue weighted by Gasteiger charge is 2.21. The molecule has 3 heterocycles. The van der Waals surface area contributed by atoms with Gasteiger partial charge >= 0.3 is 0 Å². The monoisotopic (exact) mass is 316 g/mol. The molecule has 1 N–H and O–H groups in total. The second-order valence-corrected chi connectivity index (χ2v) is 6.62. The Morgan fingerprint density at radius 3 is 2.96 bits per heavy atom. The molecule has 2 aromatic rings. The first kappa shape index (κ1) is 15.9. The van der Waals surface area contributed by atoms with Crippen molar-refractivity contribution in [1.29, 1.82) is 0 Å². The Hall–Kier alpha value is -1.95. The minimum atomic E-state index is -0.0998. The first-order chi connectivity index (χ1) is 11.0. The molecule has 6 nitrogen and oxygen atoms in total. The molecule has 1 aliphatic rings. The third-order valence-corrected chi connectivity index (χ3v) is 4.77. The predicted molar refractivity (Wildman–Crippen MR) is 88.3 cm³/mol. The van der Waals surface area contributed by atoms with Crippen molar-refractivity contribution in [2.75, 3.05) is 19.6 Å². The van der Waals surface area contributed by atoms with Crippen LogP contribution in [0.2, 0.25) is 0 Å².